The highest BCUT2D eigenvalue weighted by Gasteiger charge is 2.01. The second kappa shape index (κ2) is 8.29. The quantitative estimate of drug-likeness (QED) is 0.831. The maximum absolute atomic E-state index is 11.5. The molecular weight excluding hydrogens is 278 g/mol. The van der Waals surface area contributed by atoms with Gasteiger partial charge in [0.05, 0.1) is 5.69 Å². The number of nitrogens with zero attached hydrogens (tertiary/aromatic N) is 3. The van der Waals surface area contributed by atoms with Crippen LogP contribution in [0.2, 0.25) is 0 Å². The minimum Gasteiger partial charge on any atom is -0.352 e. The third-order valence-electron chi connectivity index (χ3n) is 2.71. The Balaban J connectivity index is 0.00000200. The number of carbonyl (C=O) groups is 1. The van der Waals surface area contributed by atoms with Gasteiger partial charge in [-0.1, -0.05) is 12.1 Å². The first kappa shape index (κ1) is 16.1. The highest BCUT2D eigenvalue weighted by atomic mass is 35.5. The largest absolute Gasteiger partial charge is 0.352 e. The molecule has 20 heavy (non-hydrogen) atoms. The summed E-state index contributed by atoms with van der Waals surface area (Å²) in [7, 11) is 1.83. The Morgan fingerprint density at radius 2 is 2.05 bits per heavy atom. The molecule has 6 nitrogen and oxygen atoms in total. The summed E-state index contributed by atoms with van der Waals surface area (Å²) >= 11 is 0. The van der Waals surface area contributed by atoms with Crippen molar-refractivity contribution in [1.29, 1.82) is 0 Å². The molecule has 0 saturated heterocycles. The SMILES string of the molecule is CNCCC(=O)NCc1ccc(-n2cncn2)cc1.Cl. The first-order chi connectivity index (χ1) is 9.29. The van der Waals surface area contributed by atoms with Crippen LogP contribution in [0.25, 0.3) is 5.69 Å². The Kier molecular flexibility index (Phi) is 6.69. The van der Waals surface area contributed by atoms with Gasteiger partial charge in [-0.05, 0) is 24.7 Å². The Bertz CT molecular complexity index is 512. The van der Waals surface area contributed by atoms with E-state index >= 15 is 0 Å². The lowest BCUT2D eigenvalue weighted by Crippen LogP contribution is -2.26. The lowest BCUT2D eigenvalue weighted by atomic mass is 10.2. The normalized spacial score (nSPS) is 9.85. The molecule has 1 amide bonds. The second-order valence-corrected chi connectivity index (χ2v) is 4.14. The van der Waals surface area contributed by atoms with Crippen LogP contribution in [0.1, 0.15) is 12.0 Å². The van der Waals surface area contributed by atoms with Crippen LogP contribution in [-0.4, -0.2) is 34.3 Å². The van der Waals surface area contributed by atoms with E-state index in [0.29, 0.717) is 19.5 Å². The smallest absolute Gasteiger partial charge is 0.221 e. The summed E-state index contributed by atoms with van der Waals surface area (Å²) in [5, 5.41) is 9.87. The van der Waals surface area contributed by atoms with Crippen LogP contribution in [-0.2, 0) is 11.3 Å². The van der Waals surface area contributed by atoms with E-state index in [0.717, 1.165) is 11.3 Å². The van der Waals surface area contributed by atoms with Gasteiger partial charge in [0.1, 0.15) is 12.7 Å². The summed E-state index contributed by atoms with van der Waals surface area (Å²) in [5.41, 5.74) is 2.00. The molecule has 0 aliphatic carbocycles. The van der Waals surface area contributed by atoms with Gasteiger partial charge in [-0.25, -0.2) is 9.67 Å². The third-order valence-corrected chi connectivity index (χ3v) is 2.71. The van der Waals surface area contributed by atoms with Gasteiger partial charge in [0.15, 0.2) is 0 Å². The van der Waals surface area contributed by atoms with Gasteiger partial charge in [-0.3, -0.25) is 4.79 Å². The molecule has 0 aliphatic heterocycles. The van der Waals surface area contributed by atoms with Gasteiger partial charge in [0, 0.05) is 19.5 Å². The Morgan fingerprint density at radius 1 is 1.30 bits per heavy atom. The van der Waals surface area contributed by atoms with Crippen LogP contribution in [0.15, 0.2) is 36.9 Å². The fourth-order valence-corrected chi connectivity index (χ4v) is 1.64. The van der Waals surface area contributed by atoms with Crippen LogP contribution in [0.5, 0.6) is 0 Å². The predicted octanol–water partition coefficient (Wildman–Crippen LogP) is 0.915. The van der Waals surface area contributed by atoms with Crippen molar-refractivity contribution in [2.24, 2.45) is 0 Å². The lowest BCUT2D eigenvalue weighted by molar-refractivity contribution is -0.121. The van der Waals surface area contributed by atoms with Crippen LogP contribution >= 0.6 is 12.4 Å². The van der Waals surface area contributed by atoms with E-state index in [1.807, 2.05) is 31.3 Å². The monoisotopic (exact) mass is 295 g/mol. The molecule has 0 bridgehead atoms. The number of halogens is 1. The number of amides is 1. The molecule has 7 heteroatoms. The number of hydrogen-bond acceptors (Lipinski definition) is 4. The number of rotatable bonds is 6. The topological polar surface area (TPSA) is 71.8 Å². The first-order valence-electron chi connectivity index (χ1n) is 6.15. The summed E-state index contributed by atoms with van der Waals surface area (Å²) in [6.45, 7) is 1.23. The van der Waals surface area contributed by atoms with Crippen molar-refractivity contribution in [3.05, 3.63) is 42.5 Å². The number of hydrogen-bond donors (Lipinski definition) is 2. The molecule has 0 fully saturated rings. The molecule has 1 aromatic heterocycles. The zero-order chi connectivity index (χ0) is 13.5. The molecule has 0 saturated carbocycles. The van der Waals surface area contributed by atoms with Crippen molar-refractivity contribution < 1.29 is 4.79 Å². The third kappa shape index (κ3) is 4.64. The van der Waals surface area contributed by atoms with E-state index in [-0.39, 0.29) is 18.3 Å². The maximum Gasteiger partial charge on any atom is 0.221 e. The van der Waals surface area contributed by atoms with E-state index in [4.69, 9.17) is 0 Å². The fourth-order valence-electron chi connectivity index (χ4n) is 1.64. The standard InChI is InChI=1S/C13H17N5O.ClH/c1-14-7-6-13(19)16-8-11-2-4-12(5-3-11)18-10-15-9-17-18;/h2-5,9-10,14H,6-8H2,1H3,(H,16,19);1H. The summed E-state index contributed by atoms with van der Waals surface area (Å²) in [4.78, 5) is 15.4. The molecule has 108 valence electrons. The predicted molar refractivity (Wildman–Crippen MR) is 79.0 cm³/mol. The molecule has 0 spiro atoms. The molecule has 0 aliphatic rings. The Morgan fingerprint density at radius 3 is 2.65 bits per heavy atom. The Labute approximate surface area is 124 Å². The van der Waals surface area contributed by atoms with Crippen molar-refractivity contribution in [2.75, 3.05) is 13.6 Å². The first-order valence-corrected chi connectivity index (χ1v) is 6.15. The molecule has 1 heterocycles. The molecule has 2 rings (SSSR count). The van der Waals surface area contributed by atoms with E-state index in [9.17, 15) is 4.79 Å². The van der Waals surface area contributed by atoms with E-state index in [2.05, 4.69) is 20.7 Å². The van der Waals surface area contributed by atoms with Crippen LogP contribution in [0, 0.1) is 0 Å². The van der Waals surface area contributed by atoms with Gasteiger partial charge in [-0.15, -0.1) is 12.4 Å². The minimum atomic E-state index is 0. The van der Waals surface area contributed by atoms with Crippen molar-refractivity contribution >= 4 is 18.3 Å². The van der Waals surface area contributed by atoms with Crippen molar-refractivity contribution in [3.63, 3.8) is 0 Å². The fraction of sp³-hybridized carbons (Fsp3) is 0.308. The summed E-state index contributed by atoms with van der Waals surface area (Å²) in [5.74, 6) is 0.0507. The van der Waals surface area contributed by atoms with Crippen molar-refractivity contribution in [3.8, 4) is 5.69 Å². The highest BCUT2D eigenvalue weighted by Crippen LogP contribution is 2.07. The van der Waals surface area contributed by atoms with Gasteiger partial charge in [-0.2, -0.15) is 5.10 Å². The highest BCUT2D eigenvalue weighted by molar-refractivity contribution is 5.85. The molecular formula is C13H18ClN5O. The molecule has 2 aromatic rings. The second-order valence-electron chi connectivity index (χ2n) is 4.14. The van der Waals surface area contributed by atoms with Gasteiger partial charge in [0.2, 0.25) is 5.91 Å². The van der Waals surface area contributed by atoms with Gasteiger partial charge >= 0.3 is 0 Å². The molecule has 0 radical (unpaired) electrons. The van der Waals surface area contributed by atoms with E-state index < -0.39 is 0 Å². The lowest BCUT2D eigenvalue weighted by Gasteiger charge is -2.06. The zero-order valence-corrected chi connectivity index (χ0v) is 12.1. The Hall–Kier alpha value is -1.92. The van der Waals surface area contributed by atoms with E-state index in [1.54, 1.807) is 11.0 Å². The maximum atomic E-state index is 11.5. The molecule has 0 atom stereocenters. The zero-order valence-electron chi connectivity index (χ0n) is 11.2. The van der Waals surface area contributed by atoms with Gasteiger partial charge < -0.3 is 10.6 Å². The van der Waals surface area contributed by atoms with Crippen LogP contribution in [0.3, 0.4) is 0 Å². The average molecular weight is 296 g/mol. The van der Waals surface area contributed by atoms with Crippen LogP contribution < -0.4 is 10.6 Å². The number of carbonyl (C=O) groups excluding carboxylic acids is 1. The number of nitrogens with one attached hydrogen (secondary N) is 2. The van der Waals surface area contributed by atoms with Crippen LogP contribution in [0.4, 0.5) is 0 Å². The van der Waals surface area contributed by atoms with Crippen molar-refractivity contribution in [2.45, 2.75) is 13.0 Å². The summed E-state index contributed by atoms with van der Waals surface area (Å²) < 4.78 is 1.69. The molecule has 1 aromatic carbocycles. The number of aromatic nitrogens is 3. The van der Waals surface area contributed by atoms with Gasteiger partial charge in [0.25, 0.3) is 0 Å². The van der Waals surface area contributed by atoms with Crippen molar-refractivity contribution in [1.82, 2.24) is 25.4 Å². The summed E-state index contributed by atoms with van der Waals surface area (Å²) in [6, 6.07) is 7.83. The molecule has 2 N–H and O–H groups in total. The number of benzene rings is 1. The molecule has 0 unspecified atom stereocenters. The average Bonchev–Trinajstić information content (AvgIpc) is 2.97. The minimum absolute atomic E-state index is 0. The summed E-state index contributed by atoms with van der Waals surface area (Å²) in [6.07, 6.45) is 3.64. The van der Waals surface area contributed by atoms with E-state index in [1.165, 1.54) is 6.33 Å².